The molecule has 5 nitrogen and oxygen atoms in total. The van der Waals surface area contributed by atoms with Crippen LogP contribution in [0, 0.1) is 0 Å². The van der Waals surface area contributed by atoms with Crippen molar-refractivity contribution in [1.82, 2.24) is 9.38 Å². The number of imidazole rings is 1. The molecule has 3 rings (SSSR count). The molecule has 0 saturated carbocycles. The Hall–Kier alpha value is -1.56. The Labute approximate surface area is 92.8 Å². The lowest BCUT2D eigenvalue weighted by Crippen LogP contribution is -2.19. The van der Waals surface area contributed by atoms with Gasteiger partial charge in [-0.3, -0.25) is 0 Å². The van der Waals surface area contributed by atoms with E-state index < -0.39 is 9.84 Å². The fraction of sp³-hybridized carbons (Fsp3) is 0.300. The van der Waals surface area contributed by atoms with E-state index in [0.29, 0.717) is 12.1 Å². The summed E-state index contributed by atoms with van der Waals surface area (Å²) in [6.07, 6.45) is 2.22. The van der Waals surface area contributed by atoms with Crippen molar-refractivity contribution in [2.24, 2.45) is 0 Å². The van der Waals surface area contributed by atoms with Gasteiger partial charge in [-0.15, -0.1) is 0 Å². The molecule has 3 heterocycles. The Morgan fingerprint density at radius 2 is 2.19 bits per heavy atom. The maximum atomic E-state index is 11.6. The topological polar surface area (TPSA) is 77.5 Å². The van der Waals surface area contributed by atoms with Gasteiger partial charge in [0.05, 0.1) is 22.9 Å². The average molecular weight is 237 g/mol. The van der Waals surface area contributed by atoms with Gasteiger partial charge in [0, 0.05) is 18.3 Å². The monoisotopic (exact) mass is 237 g/mol. The highest BCUT2D eigenvalue weighted by molar-refractivity contribution is 7.90. The summed E-state index contributed by atoms with van der Waals surface area (Å²) in [5, 5.41) is 0. The molecule has 0 radical (unpaired) electrons. The minimum Gasteiger partial charge on any atom is -0.398 e. The van der Waals surface area contributed by atoms with E-state index >= 15 is 0 Å². The molecule has 1 aliphatic heterocycles. The molecule has 2 aromatic heterocycles. The second kappa shape index (κ2) is 2.98. The van der Waals surface area contributed by atoms with Crippen molar-refractivity contribution in [3.63, 3.8) is 0 Å². The zero-order chi connectivity index (χ0) is 11.3. The van der Waals surface area contributed by atoms with E-state index in [0.717, 1.165) is 17.0 Å². The molecular formula is C10H11N3O2S. The number of aromatic nitrogens is 2. The molecule has 0 fully saturated rings. The molecule has 84 valence electrons. The summed E-state index contributed by atoms with van der Waals surface area (Å²) in [6, 6.07) is 3.57. The van der Waals surface area contributed by atoms with Gasteiger partial charge in [-0.05, 0) is 12.1 Å². The Morgan fingerprint density at radius 3 is 3.00 bits per heavy atom. The van der Waals surface area contributed by atoms with Gasteiger partial charge in [0.1, 0.15) is 5.65 Å². The highest BCUT2D eigenvalue weighted by Crippen LogP contribution is 2.22. The minimum absolute atomic E-state index is 0.0625. The standard InChI is InChI=1S/C10H11N3O2S/c11-7-1-2-10-12-8-3-4-16(14,15)6-9(8)13(10)5-7/h1-2,5H,3-4,6,11H2. The lowest BCUT2D eigenvalue weighted by molar-refractivity contribution is 0.590. The first-order valence-corrected chi connectivity index (χ1v) is 6.83. The molecule has 0 unspecified atom stereocenters. The van der Waals surface area contributed by atoms with Crippen LogP contribution in [0.4, 0.5) is 5.69 Å². The summed E-state index contributed by atoms with van der Waals surface area (Å²) >= 11 is 0. The fourth-order valence-electron chi connectivity index (χ4n) is 2.04. The van der Waals surface area contributed by atoms with Crippen molar-refractivity contribution < 1.29 is 8.42 Å². The number of nitrogens with zero attached hydrogens (tertiary/aromatic N) is 2. The maximum absolute atomic E-state index is 11.6. The van der Waals surface area contributed by atoms with Crippen LogP contribution >= 0.6 is 0 Å². The number of anilines is 1. The Morgan fingerprint density at radius 1 is 1.38 bits per heavy atom. The van der Waals surface area contributed by atoms with Gasteiger partial charge < -0.3 is 10.1 Å². The molecule has 2 N–H and O–H groups in total. The van der Waals surface area contributed by atoms with Crippen LogP contribution in [0.25, 0.3) is 5.65 Å². The van der Waals surface area contributed by atoms with Crippen LogP contribution in [0.1, 0.15) is 11.4 Å². The molecule has 16 heavy (non-hydrogen) atoms. The molecule has 6 heteroatoms. The summed E-state index contributed by atoms with van der Waals surface area (Å²) in [6.45, 7) is 0. The minimum atomic E-state index is -2.97. The van der Waals surface area contributed by atoms with E-state index in [1.165, 1.54) is 0 Å². The number of nitrogen functional groups attached to an aromatic ring is 1. The molecule has 0 saturated heterocycles. The van der Waals surface area contributed by atoms with Gasteiger partial charge in [0.15, 0.2) is 9.84 Å². The van der Waals surface area contributed by atoms with Crippen LogP contribution in [0.5, 0.6) is 0 Å². The summed E-state index contributed by atoms with van der Waals surface area (Å²) in [4.78, 5) is 4.40. The number of fused-ring (bicyclic) bond motifs is 3. The summed E-state index contributed by atoms with van der Waals surface area (Å²) < 4.78 is 24.9. The number of hydrogen-bond donors (Lipinski definition) is 1. The molecule has 1 aliphatic rings. The van der Waals surface area contributed by atoms with E-state index in [1.54, 1.807) is 22.7 Å². The van der Waals surface area contributed by atoms with Crippen LogP contribution in [0.2, 0.25) is 0 Å². The third-order valence-electron chi connectivity index (χ3n) is 2.83. The third-order valence-corrected chi connectivity index (χ3v) is 4.37. The molecule has 0 aromatic carbocycles. The number of sulfone groups is 1. The van der Waals surface area contributed by atoms with Crippen LogP contribution in [0.15, 0.2) is 18.3 Å². The Kier molecular flexibility index (Phi) is 1.79. The molecule has 0 aliphatic carbocycles. The van der Waals surface area contributed by atoms with Crippen molar-refractivity contribution in [1.29, 1.82) is 0 Å². The van der Waals surface area contributed by atoms with Crippen LogP contribution < -0.4 is 5.73 Å². The third kappa shape index (κ3) is 1.37. The first-order valence-electron chi connectivity index (χ1n) is 5.01. The highest BCUT2D eigenvalue weighted by Gasteiger charge is 2.25. The number of rotatable bonds is 0. The lowest BCUT2D eigenvalue weighted by atomic mass is 10.3. The van der Waals surface area contributed by atoms with Gasteiger partial charge in [-0.2, -0.15) is 0 Å². The normalized spacial score (nSPS) is 18.5. The molecule has 0 atom stereocenters. The summed E-state index contributed by atoms with van der Waals surface area (Å²) in [5.74, 6) is 0.256. The highest BCUT2D eigenvalue weighted by atomic mass is 32.2. The van der Waals surface area contributed by atoms with E-state index in [2.05, 4.69) is 4.98 Å². The average Bonchev–Trinajstić information content (AvgIpc) is 2.55. The van der Waals surface area contributed by atoms with Crippen molar-refractivity contribution in [3.8, 4) is 0 Å². The Balaban J connectivity index is 2.31. The second-order valence-corrected chi connectivity index (χ2v) is 6.22. The fourth-order valence-corrected chi connectivity index (χ4v) is 3.42. The van der Waals surface area contributed by atoms with Gasteiger partial charge >= 0.3 is 0 Å². The van der Waals surface area contributed by atoms with Crippen LogP contribution in [-0.2, 0) is 22.0 Å². The van der Waals surface area contributed by atoms with Crippen LogP contribution in [-0.4, -0.2) is 23.6 Å². The molecule has 0 amide bonds. The first kappa shape index (κ1) is 9.65. The van der Waals surface area contributed by atoms with E-state index in [1.807, 2.05) is 0 Å². The maximum Gasteiger partial charge on any atom is 0.156 e. The number of pyridine rings is 1. The molecule has 2 aromatic rings. The van der Waals surface area contributed by atoms with Crippen molar-refractivity contribution in [3.05, 3.63) is 29.7 Å². The van der Waals surface area contributed by atoms with Gasteiger partial charge in [0.2, 0.25) is 0 Å². The quantitative estimate of drug-likeness (QED) is 0.719. The molecule has 0 spiro atoms. The number of hydrogen-bond acceptors (Lipinski definition) is 4. The zero-order valence-corrected chi connectivity index (χ0v) is 9.37. The van der Waals surface area contributed by atoms with Gasteiger partial charge in [-0.1, -0.05) is 0 Å². The van der Waals surface area contributed by atoms with Gasteiger partial charge in [0.25, 0.3) is 0 Å². The smallest absolute Gasteiger partial charge is 0.156 e. The molecular weight excluding hydrogens is 226 g/mol. The predicted molar refractivity (Wildman–Crippen MR) is 60.8 cm³/mol. The SMILES string of the molecule is Nc1ccc2nc3c(n2c1)CS(=O)(=O)CC3. The van der Waals surface area contributed by atoms with Crippen LogP contribution in [0.3, 0.4) is 0 Å². The first-order chi connectivity index (χ1) is 7.55. The van der Waals surface area contributed by atoms with E-state index in [4.69, 9.17) is 5.73 Å². The zero-order valence-electron chi connectivity index (χ0n) is 8.55. The van der Waals surface area contributed by atoms with Crippen molar-refractivity contribution in [2.75, 3.05) is 11.5 Å². The summed E-state index contributed by atoms with van der Waals surface area (Å²) in [5.41, 5.74) is 8.69. The second-order valence-electron chi connectivity index (χ2n) is 4.04. The van der Waals surface area contributed by atoms with Crippen molar-refractivity contribution >= 4 is 21.2 Å². The summed E-state index contributed by atoms with van der Waals surface area (Å²) in [7, 11) is -2.97. The number of aryl methyl sites for hydroxylation is 1. The largest absolute Gasteiger partial charge is 0.398 e. The Bertz CT molecular complexity index is 673. The van der Waals surface area contributed by atoms with Gasteiger partial charge in [-0.25, -0.2) is 13.4 Å². The van der Waals surface area contributed by atoms with E-state index in [9.17, 15) is 8.42 Å². The number of nitrogens with two attached hydrogens (primary N) is 1. The lowest BCUT2D eigenvalue weighted by Gasteiger charge is -2.11. The van der Waals surface area contributed by atoms with Crippen molar-refractivity contribution in [2.45, 2.75) is 12.2 Å². The van der Waals surface area contributed by atoms with E-state index in [-0.39, 0.29) is 11.5 Å². The predicted octanol–water partition coefficient (Wildman–Crippen LogP) is 0.387. The molecule has 0 bridgehead atoms.